The molecule has 21 heteroatoms. The van der Waals surface area contributed by atoms with Crippen LogP contribution >= 0.6 is 0 Å². The molecule has 1 aromatic carbocycles. The third-order valence-electron chi connectivity index (χ3n) is 14.7. The third-order valence-corrected chi connectivity index (χ3v) is 14.7. The van der Waals surface area contributed by atoms with Crippen molar-refractivity contribution in [3.8, 4) is 0 Å². The maximum atomic E-state index is 15.0. The van der Waals surface area contributed by atoms with E-state index in [0.29, 0.717) is 30.7 Å². The van der Waals surface area contributed by atoms with Crippen LogP contribution in [0.1, 0.15) is 128 Å². The number of ether oxygens (including phenoxy) is 4. The molecule has 0 aromatic heterocycles. The molecule has 3 rings (SSSR count). The summed E-state index contributed by atoms with van der Waals surface area (Å²) in [5.74, 6) is -9.36. The highest BCUT2D eigenvalue weighted by molar-refractivity contribution is 6.15. The van der Waals surface area contributed by atoms with Gasteiger partial charge in [-0.1, -0.05) is 85.2 Å². The van der Waals surface area contributed by atoms with Crippen molar-refractivity contribution in [2.45, 2.75) is 182 Å². The summed E-state index contributed by atoms with van der Waals surface area (Å²) in [6, 6.07) is 3.61. The summed E-state index contributed by atoms with van der Waals surface area (Å²) in [4.78, 5) is 144. The molecule has 0 spiro atoms. The molecule has 79 heavy (non-hydrogen) atoms. The van der Waals surface area contributed by atoms with Crippen LogP contribution in [-0.4, -0.2) is 190 Å². The zero-order chi connectivity index (χ0) is 60.0. The number of rotatable bonds is 28. The van der Waals surface area contributed by atoms with Crippen molar-refractivity contribution >= 4 is 59.3 Å². The number of carbonyl (C=O) groups is 10. The summed E-state index contributed by atoms with van der Waals surface area (Å²) < 4.78 is 23.0. The molecule has 2 aliphatic heterocycles. The van der Waals surface area contributed by atoms with Crippen LogP contribution in [0.5, 0.6) is 0 Å². The number of carboxylic acids is 1. The van der Waals surface area contributed by atoms with Gasteiger partial charge in [0.15, 0.2) is 5.78 Å². The van der Waals surface area contributed by atoms with Crippen molar-refractivity contribution in [1.82, 2.24) is 29.8 Å². The number of aliphatic carboxylic acids is 1. The van der Waals surface area contributed by atoms with Gasteiger partial charge in [0.05, 0.1) is 49.2 Å². The van der Waals surface area contributed by atoms with Crippen LogP contribution in [0.3, 0.4) is 0 Å². The standard InChI is InChI=1S/C58H90N6O15/c1-18-36(6)50(44(76-16)31-47(68)63-28-22-25-41(63)51(77-17)37(7)52(70)59-40(55(73)74)29-38-23-20-19-21-24-38)61(15)53(71)39(34(2)3)30-43(65)49(35(4)5)60(14)54(72)42(64-45(66)26-27-46(64)67)32-62(56(75)79-58(11,12)13)33-48(69)78-57(8,9)10/h19-21,23-24,26-27,34-37,39-42,44,49-51H,18,22,25,28-33H2,1-17H3,(H,59,70)(H,73,74)/t36-,37+,39-,40-,41-,42-,44+,49+,50+,51-/m0/s1. The van der Waals surface area contributed by atoms with E-state index in [1.165, 1.54) is 26.2 Å². The molecule has 21 nitrogen and oxygen atoms in total. The first-order valence-corrected chi connectivity index (χ1v) is 27.4. The first-order valence-electron chi connectivity index (χ1n) is 27.4. The minimum Gasteiger partial charge on any atom is -0.480 e. The highest BCUT2D eigenvalue weighted by Crippen LogP contribution is 2.32. The first-order chi connectivity index (χ1) is 36.7. The minimum absolute atomic E-state index is 0.0731. The Morgan fingerprint density at radius 1 is 0.785 bits per heavy atom. The number of amides is 7. The number of ketones is 1. The van der Waals surface area contributed by atoms with Gasteiger partial charge in [-0.25, -0.2) is 9.59 Å². The number of hydrogen-bond donors (Lipinski definition) is 2. The average molecular weight is 1110 g/mol. The van der Waals surface area contributed by atoms with E-state index in [9.17, 15) is 53.1 Å². The lowest BCUT2D eigenvalue weighted by molar-refractivity contribution is -0.157. The molecule has 2 heterocycles. The summed E-state index contributed by atoms with van der Waals surface area (Å²) in [7, 11) is 5.87. The van der Waals surface area contributed by atoms with Gasteiger partial charge in [0.2, 0.25) is 23.6 Å². The number of hydrogen-bond acceptors (Lipinski definition) is 14. The lowest BCUT2D eigenvalue weighted by Crippen LogP contribution is -2.60. The molecule has 0 aliphatic carbocycles. The maximum Gasteiger partial charge on any atom is 0.410 e. The molecule has 0 unspecified atom stereocenters. The summed E-state index contributed by atoms with van der Waals surface area (Å²) in [6.07, 6.45) is 0.621. The SMILES string of the molecule is CC[C@H](C)[C@H]([C@@H](CC(=O)N1CCC[C@H]1[C@@H](OC)[C@@H](C)C(=O)N[C@@H](Cc1ccccc1)C(=O)O)OC)N(C)C(=O)[C@@H](CC(=O)[C@@H](C(C)C)N(C)C(=O)[C@H](CN(CC(=O)OC(C)(C)C)C(=O)OC(C)(C)C)N1C(=O)C=CC1=O)C(C)C. The van der Waals surface area contributed by atoms with Gasteiger partial charge >= 0.3 is 18.0 Å². The molecule has 0 radical (unpaired) electrons. The van der Waals surface area contributed by atoms with Crippen molar-refractivity contribution in [2.24, 2.45) is 29.6 Å². The number of likely N-dealkylation sites (tertiary alicyclic amines) is 1. The van der Waals surface area contributed by atoms with Crippen molar-refractivity contribution in [1.29, 1.82) is 0 Å². The quantitative estimate of drug-likeness (QED) is 0.0797. The lowest BCUT2D eigenvalue weighted by Gasteiger charge is -2.41. The third kappa shape index (κ3) is 18.7. The lowest BCUT2D eigenvalue weighted by atomic mass is 9.83. The number of imide groups is 1. The fourth-order valence-electron chi connectivity index (χ4n) is 10.5. The number of nitrogens with zero attached hydrogens (tertiary/aromatic N) is 5. The number of nitrogens with one attached hydrogen (secondary N) is 1. The molecule has 0 bridgehead atoms. The van der Waals surface area contributed by atoms with Crippen molar-refractivity contribution in [3.05, 3.63) is 48.0 Å². The number of methoxy groups -OCH3 is 2. The number of likely N-dealkylation sites (N-methyl/N-ethyl adjacent to an activating group) is 2. The second-order valence-electron chi connectivity index (χ2n) is 23.7. The summed E-state index contributed by atoms with van der Waals surface area (Å²) >= 11 is 0. The second kappa shape index (κ2) is 29.3. The minimum atomic E-state index is -1.73. The molecular formula is C58H90N6O15. The molecule has 0 saturated carbocycles. The number of carboxylic acid groups (broad SMARTS) is 1. The molecule has 10 atom stereocenters. The Morgan fingerprint density at radius 3 is 1.86 bits per heavy atom. The van der Waals surface area contributed by atoms with Crippen LogP contribution < -0.4 is 5.32 Å². The summed E-state index contributed by atoms with van der Waals surface area (Å²) in [5, 5.41) is 12.7. The first kappa shape index (κ1) is 67.1. The fourth-order valence-corrected chi connectivity index (χ4v) is 10.5. The van der Waals surface area contributed by atoms with Crippen molar-refractivity contribution in [2.75, 3.05) is 47.9 Å². The van der Waals surface area contributed by atoms with E-state index >= 15 is 0 Å². The van der Waals surface area contributed by atoms with E-state index < -0.39 is 144 Å². The predicted octanol–water partition coefficient (Wildman–Crippen LogP) is 5.31. The topological polar surface area (TPSA) is 256 Å². The Balaban J connectivity index is 1.92. The maximum absolute atomic E-state index is 15.0. The van der Waals surface area contributed by atoms with Crippen LogP contribution in [0.4, 0.5) is 4.79 Å². The van der Waals surface area contributed by atoms with Crippen LogP contribution in [0, 0.1) is 29.6 Å². The molecular weight excluding hydrogens is 1020 g/mol. The van der Waals surface area contributed by atoms with E-state index in [2.05, 4.69) is 5.32 Å². The number of carbonyl (C=O) groups excluding carboxylic acids is 9. The van der Waals surface area contributed by atoms with E-state index in [0.717, 1.165) is 27.5 Å². The van der Waals surface area contributed by atoms with Crippen molar-refractivity contribution in [3.63, 3.8) is 0 Å². The van der Waals surface area contributed by atoms with E-state index in [4.69, 9.17) is 18.9 Å². The van der Waals surface area contributed by atoms with Gasteiger partial charge in [0.1, 0.15) is 29.8 Å². The number of esters is 1. The Bertz CT molecular complexity index is 2330. The van der Waals surface area contributed by atoms with Gasteiger partial charge < -0.3 is 44.1 Å². The highest BCUT2D eigenvalue weighted by atomic mass is 16.6. The number of Topliss-reactive ketones (excluding diaryl/α,β-unsaturated/α-hetero) is 1. The van der Waals surface area contributed by atoms with Crippen LogP contribution in [-0.2, 0) is 68.5 Å². The van der Waals surface area contributed by atoms with E-state index in [1.807, 2.05) is 19.9 Å². The number of benzene rings is 1. The van der Waals surface area contributed by atoms with Gasteiger partial charge in [0, 0.05) is 65.8 Å². The normalized spacial score (nSPS) is 18.2. The zero-order valence-electron chi connectivity index (χ0n) is 49.7. The van der Waals surface area contributed by atoms with E-state index in [1.54, 1.807) is 112 Å². The van der Waals surface area contributed by atoms with Gasteiger partial charge in [0.25, 0.3) is 11.8 Å². The molecule has 1 fully saturated rings. The highest BCUT2D eigenvalue weighted by Gasteiger charge is 2.46. The molecule has 2 N–H and O–H groups in total. The smallest absolute Gasteiger partial charge is 0.410 e. The fraction of sp³-hybridized carbons (Fsp3) is 0.690. The predicted molar refractivity (Wildman–Crippen MR) is 294 cm³/mol. The second-order valence-corrected chi connectivity index (χ2v) is 23.7. The molecule has 2 aliphatic rings. The van der Waals surface area contributed by atoms with Crippen molar-refractivity contribution < 1.29 is 72.0 Å². The summed E-state index contributed by atoms with van der Waals surface area (Å²) in [6.45, 7) is 21.2. The Kier molecular flexibility index (Phi) is 24.9. The van der Waals surface area contributed by atoms with Gasteiger partial charge in [-0.2, -0.15) is 0 Å². The molecule has 7 amide bonds. The average Bonchev–Trinajstić information content (AvgIpc) is 3.98. The molecule has 1 saturated heterocycles. The largest absolute Gasteiger partial charge is 0.480 e. The van der Waals surface area contributed by atoms with Crippen LogP contribution in [0.2, 0.25) is 0 Å². The van der Waals surface area contributed by atoms with Gasteiger partial charge in [-0.05, 0) is 77.7 Å². The Labute approximate surface area is 467 Å². The monoisotopic (exact) mass is 1110 g/mol. The van der Waals surface area contributed by atoms with Gasteiger partial charge in [-0.3, -0.25) is 48.2 Å². The zero-order valence-corrected chi connectivity index (χ0v) is 49.7. The van der Waals surface area contributed by atoms with E-state index in [-0.39, 0.29) is 31.1 Å². The molecule has 1 aromatic rings. The summed E-state index contributed by atoms with van der Waals surface area (Å²) in [5.41, 5.74) is -1.27. The van der Waals surface area contributed by atoms with Crippen LogP contribution in [0.15, 0.2) is 42.5 Å². The van der Waals surface area contributed by atoms with Crippen LogP contribution in [0.25, 0.3) is 0 Å². The molecule has 442 valence electrons. The Morgan fingerprint density at radius 2 is 1.37 bits per heavy atom. The Hall–Kier alpha value is -6.22. The van der Waals surface area contributed by atoms with Gasteiger partial charge in [-0.15, -0.1) is 0 Å².